The molecule has 4 heteroatoms. The molecule has 2 atom stereocenters. The van der Waals surface area contributed by atoms with Crippen LogP contribution in [0.25, 0.3) is 0 Å². The highest BCUT2D eigenvalue weighted by atomic mass is 16.3. The summed E-state index contributed by atoms with van der Waals surface area (Å²) in [7, 11) is 0. The molecule has 1 saturated carbocycles. The highest BCUT2D eigenvalue weighted by Gasteiger charge is 2.35. The second-order valence-corrected chi connectivity index (χ2v) is 7.84. The molecule has 2 unspecified atom stereocenters. The minimum atomic E-state index is 0.00530. The number of likely N-dealkylation sites (tertiary alicyclic amines) is 1. The van der Waals surface area contributed by atoms with Crippen molar-refractivity contribution in [1.82, 2.24) is 10.2 Å². The molecule has 0 spiro atoms. The summed E-state index contributed by atoms with van der Waals surface area (Å²) in [5.74, 6) is 1.87. The van der Waals surface area contributed by atoms with E-state index in [1.807, 2.05) is 6.08 Å². The van der Waals surface area contributed by atoms with E-state index in [9.17, 15) is 10.2 Å². The largest absolute Gasteiger partial charge is 0.512 e. The molecular formula is C19H32N2O2. The molecule has 2 aliphatic carbocycles. The van der Waals surface area contributed by atoms with E-state index >= 15 is 0 Å². The number of nitrogens with zero attached hydrogens (tertiary/aromatic N) is 1. The number of aliphatic hydroxyl groups excluding tert-OH is 2. The van der Waals surface area contributed by atoms with E-state index in [1.165, 1.54) is 19.3 Å². The van der Waals surface area contributed by atoms with Gasteiger partial charge in [-0.1, -0.05) is 6.08 Å². The molecule has 3 N–H and O–H groups in total. The Balaban J connectivity index is 1.36. The molecule has 0 bridgehead atoms. The van der Waals surface area contributed by atoms with Crippen molar-refractivity contribution in [2.75, 3.05) is 26.2 Å². The average molecular weight is 320 g/mol. The number of unbranched alkanes of at least 4 members (excludes halogenated alkanes) is 1. The number of hydrogen-bond donors (Lipinski definition) is 3. The van der Waals surface area contributed by atoms with Gasteiger partial charge in [-0.3, -0.25) is 4.90 Å². The maximum absolute atomic E-state index is 9.91. The summed E-state index contributed by atoms with van der Waals surface area (Å²) in [5, 5.41) is 23.0. The van der Waals surface area contributed by atoms with E-state index in [-0.39, 0.29) is 12.1 Å². The first-order valence-corrected chi connectivity index (χ1v) is 9.32. The quantitative estimate of drug-likeness (QED) is 0.602. The Bertz CT molecular complexity index is 470. The number of nitrogens with one attached hydrogen (secondary N) is 1. The van der Waals surface area contributed by atoms with Crippen molar-refractivity contribution in [2.24, 2.45) is 11.8 Å². The lowest BCUT2D eigenvalue weighted by Gasteiger charge is -2.33. The van der Waals surface area contributed by atoms with Gasteiger partial charge in [0.2, 0.25) is 0 Å². The third-order valence-electron chi connectivity index (χ3n) is 5.82. The van der Waals surface area contributed by atoms with Crippen molar-refractivity contribution in [1.29, 1.82) is 0 Å². The van der Waals surface area contributed by atoms with Crippen molar-refractivity contribution in [2.45, 2.75) is 57.4 Å². The normalized spacial score (nSPS) is 31.8. The van der Waals surface area contributed by atoms with E-state index < -0.39 is 0 Å². The van der Waals surface area contributed by atoms with Crippen LogP contribution < -0.4 is 5.32 Å². The minimum absolute atomic E-state index is 0.00530. The lowest BCUT2D eigenvalue weighted by atomic mass is 9.93. The second kappa shape index (κ2) is 7.27. The number of rotatable bonds is 8. The molecule has 23 heavy (non-hydrogen) atoms. The summed E-state index contributed by atoms with van der Waals surface area (Å²) in [6, 6.07) is 0. The highest BCUT2D eigenvalue weighted by molar-refractivity contribution is 5.26. The first-order valence-electron chi connectivity index (χ1n) is 9.32. The summed E-state index contributed by atoms with van der Waals surface area (Å²) >= 11 is 0. The Morgan fingerprint density at radius 1 is 1.35 bits per heavy atom. The SMILES string of the molecule is CC1(CO)CCCN1CCCCNC1=CC(C2CC2)CC(O)=C1. The van der Waals surface area contributed by atoms with Gasteiger partial charge in [0.15, 0.2) is 0 Å². The van der Waals surface area contributed by atoms with E-state index in [1.54, 1.807) is 0 Å². The molecule has 130 valence electrons. The predicted octanol–water partition coefficient (Wildman–Crippen LogP) is 2.96. The van der Waals surface area contributed by atoms with Crippen molar-refractivity contribution in [3.63, 3.8) is 0 Å². The van der Waals surface area contributed by atoms with Gasteiger partial charge in [0.1, 0.15) is 0 Å². The van der Waals surface area contributed by atoms with Crippen LogP contribution in [0.1, 0.15) is 51.9 Å². The zero-order chi connectivity index (χ0) is 16.3. The van der Waals surface area contributed by atoms with Gasteiger partial charge in [-0.15, -0.1) is 0 Å². The van der Waals surface area contributed by atoms with Crippen LogP contribution in [0.3, 0.4) is 0 Å². The zero-order valence-corrected chi connectivity index (χ0v) is 14.4. The van der Waals surface area contributed by atoms with Crippen LogP contribution in [0.2, 0.25) is 0 Å². The molecule has 3 aliphatic rings. The monoisotopic (exact) mass is 320 g/mol. The van der Waals surface area contributed by atoms with Gasteiger partial charge in [-0.2, -0.15) is 0 Å². The molecule has 4 nitrogen and oxygen atoms in total. The van der Waals surface area contributed by atoms with Crippen LogP contribution in [0, 0.1) is 11.8 Å². The molecular weight excluding hydrogens is 288 g/mol. The number of hydrogen-bond acceptors (Lipinski definition) is 4. The summed E-state index contributed by atoms with van der Waals surface area (Å²) < 4.78 is 0. The van der Waals surface area contributed by atoms with Crippen molar-refractivity contribution < 1.29 is 10.2 Å². The van der Waals surface area contributed by atoms with Gasteiger partial charge >= 0.3 is 0 Å². The maximum Gasteiger partial charge on any atom is 0.0949 e. The summed E-state index contributed by atoms with van der Waals surface area (Å²) in [4.78, 5) is 2.45. The van der Waals surface area contributed by atoms with Crippen LogP contribution in [0.4, 0.5) is 0 Å². The minimum Gasteiger partial charge on any atom is -0.512 e. The van der Waals surface area contributed by atoms with E-state index in [0.717, 1.165) is 56.9 Å². The molecule has 0 amide bonds. The fourth-order valence-corrected chi connectivity index (χ4v) is 4.05. The Hall–Kier alpha value is -1.00. The number of allylic oxidation sites excluding steroid dienone is 3. The Morgan fingerprint density at radius 3 is 2.91 bits per heavy atom. The fraction of sp³-hybridized carbons (Fsp3) is 0.789. The molecule has 0 aromatic heterocycles. The lowest BCUT2D eigenvalue weighted by molar-refractivity contribution is 0.0778. The molecule has 0 aromatic carbocycles. The summed E-state index contributed by atoms with van der Waals surface area (Å²) in [6.45, 7) is 5.59. The van der Waals surface area contributed by atoms with E-state index in [2.05, 4.69) is 23.2 Å². The highest BCUT2D eigenvalue weighted by Crippen LogP contribution is 2.42. The topological polar surface area (TPSA) is 55.7 Å². The van der Waals surface area contributed by atoms with Crippen molar-refractivity contribution in [3.05, 3.63) is 23.6 Å². The molecule has 1 saturated heterocycles. The molecule has 1 aliphatic heterocycles. The lowest BCUT2D eigenvalue weighted by Crippen LogP contribution is -2.44. The summed E-state index contributed by atoms with van der Waals surface area (Å²) in [5.41, 5.74) is 1.11. The van der Waals surface area contributed by atoms with Crippen molar-refractivity contribution in [3.8, 4) is 0 Å². The molecule has 3 rings (SSSR count). The van der Waals surface area contributed by atoms with Crippen molar-refractivity contribution >= 4 is 0 Å². The Kier molecular flexibility index (Phi) is 5.32. The smallest absolute Gasteiger partial charge is 0.0949 e. The van der Waals surface area contributed by atoms with E-state index in [4.69, 9.17) is 0 Å². The third kappa shape index (κ3) is 4.30. The standard InChI is InChI=1S/C19H32N2O2/c1-19(14-22)7-4-10-21(19)9-3-2-8-20-17-11-16(15-5-6-15)12-18(23)13-17/h11,13,15-16,20,22-23H,2-10,12,14H2,1H3. The Morgan fingerprint density at radius 2 is 2.17 bits per heavy atom. The van der Waals surface area contributed by atoms with Crippen LogP contribution in [-0.4, -0.2) is 46.9 Å². The van der Waals surface area contributed by atoms with Gasteiger partial charge < -0.3 is 15.5 Å². The third-order valence-corrected chi connectivity index (χ3v) is 5.82. The van der Waals surface area contributed by atoms with E-state index in [0.29, 0.717) is 11.7 Å². The van der Waals surface area contributed by atoms with Gasteiger partial charge in [-0.25, -0.2) is 0 Å². The second-order valence-electron chi connectivity index (χ2n) is 7.84. The van der Waals surface area contributed by atoms with Crippen LogP contribution >= 0.6 is 0 Å². The van der Waals surface area contributed by atoms with Crippen LogP contribution in [0.5, 0.6) is 0 Å². The Labute approximate surface area is 140 Å². The van der Waals surface area contributed by atoms with Gasteiger partial charge in [-0.05, 0) is 76.5 Å². The summed E-state index contributed by atoms with van der Waals surface area (Å²) in [6.07, 6.45) is 12.3. The average Bonchev–Trinajstić information content (AvgIpc) is 3.31. The maximum atomic E-state index is 9.91. The zero-order valence-electron chi connectivity index (χ0n) is 14.4. The number of aliphatic hydroxyl groups is 2. The molecule has 2 fully saturated rings. The first-order chi connectivity index (χ1) is 11.1. The molecule has 0 aromatic rings. The fourth-order valence-electron chi connectivity index (χ4n) is 4.05. The van der Waals surface area contributed by atoms with Crippen LogP contribution in [0.15, 0.2) is 23.6 Å². The predicted molar refractivity (Wildman–Crippen MR) is 93.2 cm³/mol. The van der Waals surface area contributed by atoms with Gasteiger partial charge in [0, 0.05) is 24.2 Å². The van der Waals surface area contributed by atoms with Gasteiger partial charge in [0.05, 0.1) is 12.4 Å². The van der Waals surface area contributed by atoms with Gasteiger partial charge in [0.25, 0.3) is 0 Å². The molecule has 0 radical (unpaired) electrons. The molecule has 1 heterocycles. The first kappa shape index (κ1) is 16.8. The van der Waals surface area contributed by atoms with Crippen LogP contribution in [-0.2, 0) is 0 Å².